The number of benzene rings is 3. The average molecular weight is 431 g/mol. The molecule has 0 aliphatic carbocycles. The van der Waals surface area contributed by atoms with Crippen molar-refractivity contribution in [1.29, 1.82) is 0 Å². The molecule has 1 heterocycles. The summed E-state index contributed by atoms with van der Waals surface area (Å²) in [4.78, 5) is 18.0. The third kappa shape index (κ3) is 3.69. The third-order valence-electron chi connectivity index (χ3n) is 4.75. The molecule has 4 aromatic rings. The maximum absolute atomic E-state index is 13.2. The molecule has 138 valence electrons. The van der Waals surface area contributed by atoms with Gasteiger partial charge in [-0.15, -0.1) is 0 Å². The van der Waals surface area contributed by atoms with Crippen LogP contribution in [0.3, 0.4) is 0 Å². The second-order valence-electron chi connectivity index (χ2n) is 6.54. The number of pyridine rings is 1. The van der Waals surface area contributed by atoms with E-state index in [2.05, 4.69) is 28.2 Å². The van der Waals surface area contributed by atoms with Crippen molar-refractivity contribution in [3.63, 3.8) is 0 Å². The smallest absolute Gasteiger partial charge is 0.256 e. The molecule has 0 unspecified atom stereocenters. The summed E-state index contributed by atoms with van der Waals surface area (Å²) in [5, 5.41) is 3.93. The minimum absolute atomic E-state index is 0.127. The molecule has 0 aliphatic rings. The van der Waals surface area contributed by atoms with Crippen molar-refractivity contribution in [2.75, 3.05) is 5.32 Å². The van der Waals surface area contributed by atoms with Gasteiger partial charge in [-0.05, 0) is 42.3 Å². The fraction of sp³-hybridized carbons (Fsp3) is 0.0833. The minimum Gasteiger partial charge on any atom is -0.322 e. The number of nitrogens with one attached hydrogen (secondary N) is 1. The fourth-order valence-corrected chi connectivity index (χ4v) is 3.54. The van der Waals surface area contributed by atoms with Crippen molar-refractivity contribution < 1.29 is 4.79 Å². The van der Waals surface area contributed by atoms with Gasteiger partial charge >= 0.3 is 0 Å². The summed E-state index contributed by atoms with van der Waals surface area (Å²) in [5.74, 6) is -0.127. The van der Waals surface area contributed by atoms with E-state index in [1.54, 1.807) is 0 Å². The molecule has 0 aliphatic heterocycles. The highest BCUT2D eigenvalue weighted by Crippen LogP contribution is 2.27. The molecule has 3 aromatic carbocycles. The molecule has 0 radical (unpaired) electrons. The van der Waals surface area contributed by atoms with Crippen molar-refractivity contribution in [1.82, 2.24) is 4.98 Å². The Morgan fingerprint density at radius 2 is 1.68 bits per heavy atom. The number of rotatable bonds is 4. The van der Waals surface area contributed by atoms with Gasteiger partial charge in [-0.25, -0.2) is 4.98 Å². The Bertz CT molecular complexity index is 1150. The summed E-state index contributed by atoms with van der Waals surface area (Å²) in [5.41, 5.74) is 5.13. The summed E-state index contributed by atoms with van der Waals surface area (Å²) in [6.07, 6.45) is 0.859. The van der Waals surface area contributed by atoms with Gasteiger partial charge in [0.1, 0.15) is 0 Å². The van der Waals surface area contributed by atoms with Crippen LogP contribution in [0.15, 0.2) is 83.3 Å². The van der Waals surface area contributed by atoms with E-state index < -0.39 is 0 Å². The van der Waals surface area contributed by atoms with Crippen LogP contribution in [-0.4, -0.2) is 10.9 Å². The number of carbonyl (C=O) groups is 1. The van der Waals surface area contributed by atoms with Crippen LogP contribution in [-0.2, 0) is 6.42 Å². The molecule has 0 bridgehead atoms. The maximum Gasteiger partial charge on any atom is 0.256 e. The molecule has 0 saturated heterocycles. The number of amides is 1. The minimum atomic E-state index is -0.127. The summed E-state index contributed by atoms with van der Waals surface area (Å²) >= 11 is 3.46. The van der Waals surface area contributed by atoms with Gasteiger partial charge in [0.25, 0.3) is 5.91 Å². The van der Waals surface area contributed by atoms with Crippen molar-refractivity contribution in [3.05, 3.63) is 94.5 Å². The molecule has 0 spiro atoms. The van der Waals surface area contributed by atoms with Crippen LogP contribution in [0.4, 0.5) is 5.69 Å². The van der Waals surface area contributed by atoms with Crippen LogP contribution in [0, 0.1) is 0 Å². The Morgan fingerprint density at radius 3 is 2.46 bits per heavy atom. The van der Waals surface area contributed by atoms with Crippen LogP contribution in [0.25, 0.3) is 22.2 Å². The molecule has 0 atom stereocenters. The van der Waals surface area contributed by atoms with Crippen LogP contribution < -0.4 is 5.32 Å². The van der Waals surface area contributed by atoms with Gasteiger partial charge in [-0.3, -0.25) is 4.79 Å². The third-order valence-corrected chi connectivity index (χ3v) is 5.28. The van der Waals surface area contributed by atoms with Crippen molar-refractivity contribution in [2.45, 2.75) is 13.3 Å². The number of aryl methyl sites for hydroxylation is 1. The predicted molar refractivity (Wildman–Crippen MR) is 119 cm³/mol. The van der Waals surface area contributed by atoms with Gasteiger partial charge in [-0.1, -0.05) is 71.4 Å². The first-order valence-corrected chi connectivity index (χ1v) is 10.00. The highest BCUT2D eigenvalue weighted by atomic mass is 79.9. The number of para-hydroxylation sites is 2. The lowest BCUT2D eigenvalue weighted by molar-refractivity contribution is 0.102. The molecule has 28 heavy (non-hydrogen) atoms. The second kappa shape index (κ2) is 7.95. The first-order chi connectivity index (χ1) is 13.7. The quantitative estimate of drug-likeness (QED) is 0.402. The Kier molecular flexibility index (Phi) is 5.22. The SMILES string of the molecule is CCc1ccccc1NC(=O)c1cc(-c2ccc(Br)cc2)nc2ccccc12. The molecule has 3 nitrogen and oxygen atoms in total. The van der Waals surface area contributed by atoms with E-state index >= 15 is 0 Å². The van der Waals surface area contributed by atoms with Crippen molar-refractivity contribution in [2.24, 2.45) is 0 Å². The van der Waals surface area contributed by atoms with Gasteiger partial charge in [0.2, 0.25) is 0 Å². The van der Waals surface area contributed by atoms with E-state index in [0.29, 0.717) is 5.56 Å². The van der Waals surface area contributed by atoms with Gasteiger partial charge in [0.05, 0.1) is 16.8 Å². The van der Waals surface area contributed by atoms with E-state index in [-0.39, 0.29) is 5.91 Å². The maximum atomic E-state index is 13.2. The first-order valence-electron chi connectivity index (χ1n) is 9.20. The second-order valence-corrected chi connectivity index (χ2v) is 7.46. The van der Waals surface area contributed by atoms with Crippen LogP contribution in [0.5, 0.6) is 0 Å². The largest absolute Gasteiger partial charge is 0.322 e. The van der Waals surface area contributed by atoms with E-state index in [1.807, 2.05) is 78.9 Å². The lowest BCUT2D eigenvalue weighted by Crippen LogP contribution is -2.14. The zero-order chi connectivity index (χ0) is 19.5. The molecule has 1 N–H and O–H groups in total. The van der Waals surface area contributed by atoms with E-state index in [1.165, 1.54) is 0 Å². The number of carbonyl (C=O) groups excluding carboxylic acids is 1. The van der Waals surface area contributed by atoms with Gasteiger partial charge < -0.3 is 5.32 Å². The standard InChI is InChI=1S/C24H19BrN2O/c1-2-16-7-3-5-9-21(16)27-24(28)20-15-23(17-11-13-18(25)14-12-17)26-22-10-6-4-8-19(20)22/h3-15H,2H2,1H3,(H,27,28). The summed E-state index contributed by atoms with van der Waals surface area (Å²) in [7, 11) is 0. The molecular weight excluding hydrogens is 412 g/mol. The van der Waals surface area contributed by atoms with Gasteiger partial charge in [0.15, 0.2) is 0 Å². The van der Waals surface area contributed by atoms with Gasteiger partial charge in [0, 0.05) is 21.1 Å². The zero-order valence-electron chi connectivity index (χ0n) is 15.4. The van der Waals surface area contributed by atoms with Crippen LogP contribution in [0.1, 0.15) is 22.8 Å². The Hall–Kier alpha value is -2.98. The molecule has 4 heteroatoms. The highest BCUT2D eigenvalue weighted by molar-refractivity contribution is 9.10. The monoisotopic (exact) mass is 430 g/mol. The molecule has 1 amide bonds. The van der Waals surface area contributed by atoms with E-state index in [0.717, 1.165) is 44.3 Å². The van der Waals surface area contributed by atoms with Crippen LogP contribution in [0.2, 0.25) is 0 Å². The summed E-state index contributed by atoms with van der Waals surface area (Å²) < 4.78 is 1.01. The summed E-state index contributed by atoms with van der Waals surface area (Å²) in [6.45, 7) is 2.08. The van der Waals surface area contributed by atoms with E-state index in [4.69, 9.17) is 4.98 Å². The Labute approximate surface area is 172 Å². The Balaban J connectivity index is 1.80. The van der Waals surface area contributed by atoms with Crippen LogP contribution >= 0.6 is 15.9 Å². The molecular formula is C24H19BrN2O. The number of anilines is 1. The first kappa shape index (κ1) is 18.4. The lowest BCUT2D eigenvalue weighted by atomic mass is 10.0. The Morgan fingerprint density at radius 1 is 0.964 bits per heavy atom. The molecule has 0 fully saturated rings. The van der Waals surface area contributed by atoms with E-state index in [9.17, 15) is 4.79 Å². The topological polar surface area (TPSA) is 42.0 Å². The average Bonchev–Trinajstić information content (AvgIpc) is 2.74. The lowest BCUT2D eigenvalue weighted by Gasteiger charge is -2.13. The zero-order valence-corrected chi connectivity index (χ0v) is 17.0. The number of hydrogen-bond acceptors (Lipinski definition) is 2. The predicted octanol–water partition coefficient (Wildman–Crippen LogP) is 6.48. The molecule has 4 rings (SSSR count). The molecule has 0 saturated carbocycles. The van der Waals surface area contributed by atoms with Crippen molar-refractivity contribution in [3.8, 4) is 11.3 Å². The van der Waals surface area contributed by atoms with Gasteiger partial charge in [-0.2, -0.15) is 0 Å². The normalized spacial score (nSPS) is 10.8. The number of aromatic nitrogens is 1. The summed E-state index contributed by atoms with van der Waals surface area (Å²) in [6, 6.07) is 25.5. The number of halogens is 1. The number of fused-ring (bicyclic) bond motifs is 1. The van der Waals surface area contributed by atoms with Crippen molar-refractivity contribution >= 4 is 38.4 Å². The highest BCUT2D eigenvalue weighted by Gasteiger charge is 2.15. The fourth-order valence-electron chi connectivity index (χ4n) is 3.27. The number of nitrogens with zero attached hydrogens (tertiary/aromatic N) is 1. The number of hydrogen-bond donors (Lipinski definition) is 1. The molecule has 1 aromatic heterocycles.